The fourth-order valence-corrected chi connectivity index (χ4v) is 1.88. The van der Waals surface area contributed by atoms with Gasteiger partial charge in [0.15, 0.2) is 5.84 Å². The number of anilines is 1. The number of nitrogens with zero attached hydrogens (tertiary/aromatic N) is 3. The molecule has 0 amide bonds. The summed E-state index contributed by atoms with van der Waals surface area (Å²) in [6.45, 7) is 6.83. The van der Waals surface area contributed by atoms with Crippen molar-refractivity contribution in [1.82, 2.24) is 4.98 Å². The van der Waals surface area contributed by atoms with Crippen molar-refractivity contribution in [2.75, 3.05) is 18.1 Å². The van der Waals surface area contributed by atoms with Crippen LogP contribution in [-0.4, -0.2) is 40.3 Å². The molecule has 0 saturated heterocycles. The molecule has 0 bridgehead atoms. The van der Waals surface area contributed by atoms with Gasteiger partial charge in [0.2, 0.25) is 0 Å². The Hall–Kier alpha value is -1.82. The van der Waals surface area contributed by atoms with Gasteiger partial charge in [-0.1, -0.05) is 5.16 Å². The lowest BCUT2D eigenvalue weighted by Gasteiger charge is -2.28. The quantitative estimate of drug-likeness (QED) is 0.310. The molecule has 4 N–H and O–H groups in total. The Bertz CT molecular complexity index is 446. The van der Waals surface area contributed by atoms with Crippen LogP contribution in [0.2, 0.25) is 0 Å². The molecule has 6 nitrogen and oxygen atoms in total. The smallest absolute Gasteiger partial charge is 0.170 e. The molecule has 0 fully saturated rings. The van der Waals surface area contributed by atoms with Gasteiger partial charge < -0.3 is 20.9 Å². The van der Waals surface area contributed by atoms with Crippen molar-refractivity contribution < 1.29 is 10.3 Å². The summed E-state index contributed by atoms with van der Waals surface area (Å²) in [4.78, 5) is 6.56. The van der Waals surface area contributed by atoms with Crippen LogP contribution >= 0.6 is 0 Å². The largest absolute Gasteiger partial charge is 0.409 e. The van der Waals surface area contributed by atoms with Gasteiger partial charge in [-0.15, -0.1) is 0 Å². The number of pyridine rings is 1. The molecule has 0 unspecified atom stereocenters. The zero-order valence-corrected chi connectivity index (χ0v) is 11.7. The minimum atomic E-state index is 0.0672. The van der Waals surface area contributed by atoms with E-state index in [1.165, 1.54) is 0 Å². The zero-order chi connectivity index (χ0) is 14.4. The van der Waals surface area contributed by atoms with Crippen molar-refractivity contribution in [3.8, 4) is 0 Å². The number of hydrogen-bond acceptors (Lipinski definition) is 5. The Balaban J connectivity index is 3.12. The lowest BCUT2D eigenvalue weighted by molar-refractivity contribution is 0.288. The number of aliphatic hydroxyl groups excluding tert-OH is 1. The van der Waals surface area contributed by atoms with Crippen LogP contribution in [0.25, 0.3) is 0 Å². The third kappa shape index (κ3) is 4.10. The molecule has 0 aliphatic rings. The van der Waals surface area contributed by atoms with Gasteiger partial charge in [0.25, 0.3) is 0 Å². The number of hydrogen-bond donors (Lipinski definition) is 3. The summed E-state index contributed by atoms with van der Waals surface area (Å²) in [6.07, 6.45) is 0.673. The van der Waals surface area contributed by atoms with E-state index in [-0.39, 0.29) is 18.5 Å². The third-order valence-electron chi connectivity index (χ3n) is 2.82. The van der Waals surface area contributed by atoms with Gasteiger partial charge in [-0.3, -0.25) is 0 Å². The van der Waals surface area contributed by atoms with E-state index in [1.807, 2.05) is 6.92 Å². The number of amidine groups is 1. The van der Waals surface area contributed by atoms with Gasteiger partial charge in [-0.2, -0.15) is 0 Å². The molecule has 1 rings (SSSR count). The summed E-state index contributed by atoms with van der Waals surface area (Å²) in [5, 5.41) is 20.7. The zero-order valence-electron chi connectivity index (χ0n) is 11.7. The molecule has 0 radical (unpaired) electrons. The third-order valence-corrected chi connectivity index (χ3v) is 2.82. The lowest BCUT2D eigenvalue weighted by Crippen LogP contribution is -2.33. The van der Waals surface area contributed by atoms with Crippen molar-refractivity contribution in [1.29, 1.82) is 0 Å². The maximum atomic E-state index is 8.96. The summed E-state index contributed by atoms with van der Waals surface area (Å²) >= 11 is 0. The van der Waals surface area contributed by atoms with Crippen LogP contribution in [0.15, 0.2) is 17.3 Å². The Morgan fingerprint density at radius 3 is 2.68 bits per heavy atom. The van der Waals surface area contributed by atoms with Gasteiger partial charge in [0.05, 0.1) is 0 Å². The highest BCUT2D eigenvalue weighted by atomic mass is 16.4. The van der Waals surface area contributed by atoms with Crippen LogP contribution in [0.3, 0.4) is 0 Å². The Morgan fingerprint density at radius 2 is 2.16 bits per heavy atom. The maximum absolute atomic E-state index is 8.96. The second kappa shape index (κ2) is 6.94. The first-order valence-corrected chi connectivity index (χ1v) is 6.33. The van der Waals surface area contributed by atoms with Crippen molar-refractivity contribution >= 4 is 11.7 Å². The fourth-order valence-electron chi connectivity index (χ4n) is 1.88. The Labute approximate surface area is 113 Å². The molecular weight excluding hydrogens is 244 g/mol. The minimum absolute atomic E-state index is 0.0672. The predicted molar refractivity (Wildman–Crippen MR) is 75.7 cm³/mol. The van der Waals surface area contributed by atoms with E-state index in [2.05, 4.69) is 28.9 Å². The molecule has 0 saturated carbocycles. The lowest BCUT2D eigenvalue weighted by atomic mass is 10.2. The summed E-state index contributed by atoms with van der Waals surface area (Å²) < 4.78 is 0. The van der Waals surface area contributed by atoms with E-state index in [0.717, 1.165) is 11.5 Å². The van der Waals surface area contributed by atoms with Crippen LogP contribution in [0.4, 0.5) is 5.82 Å². The fraction of sp³-hybridized carbons (Fsp3) is 0.538. The maximum Gasteiger partial charge on any atom is 0.170 e. The van der Waals surface area contributed by atoms with Gasteiger partial charge >= 0.3 is 0 Å². The van der Waals surface area contributed by atoms with E-state index in [0.29, 0.717) is 18.5 Å². The molecule has 1 aromatic heterocycles. The number of rotatable bonds is 6. The monoisotopic (exact) mass is 266 g/mol. The predicted octanol–water partition coefficient (Wildman–Crippen LogP) is 1.08. The summed E-state index contributed by atoms with van der Waals surface area (Å²) in [7, 11) is 0. The van der Waals surface area contributed by atoms with Gasteiger partial charge in [-0.05, 0) is 39.3 Å². The van der Waals surface area contributed by atoms with Gasteiger partial charge in [0.1, 0.15) is 5.82 Å². The van der Waals surface area contributed by atoms with Crippen LogP contribution in [-0.2, 0) is 0 Å². The molecule has 0 aliphatic heterocycles. The van der Waals surface area contributed by atoms with Crippen molar-refractivity contribution in [2.45, 2.75) is 33.2 Å². The molecule has 19 heavy (non-hydrogen) atoms. The van der Waals surface area contributed by atoms with Crippen molar-refractivity contribution in [2.24, 2.45) is 10.9 Å². The molecule has 1 aromatic rings. The summed E-state index contributed by atoms with van der Waals surface area (Å²) in [5.41, 5.74) is 7.06. The summed E-state index contributed by atoms with van der Waals surface area (Å²) in [6, 6.07) is 3.81. The first-order chi connectivity index (χ1) is 8.99. The Kier molecular flexibility index (Phi) is 5.57. The first-order valence-electron chi connectivity index (χ1n) is 6.33. The van der Waals surface area contributed by atoms with Crippen molar-refractivity contribution in [3.05, 3.63) is 23.4 Å². The molecular formula is C13H22N4O2. The number of nitrogens with two attached hydrogens (primary N) is 1. The molecule has 0 spiro atoms. The van der Waals surface area contributed by atoms with E-state index in [9.17, 15) is 0 Å². The van der Waals surface area contributed by atoms with E-state index in [1.54, 1.807) is 12.1 Å². The second-order valence-electron chi connectivity index (χ2n) is 4.70. The average Bonchev–Trinajstić information content (AvgIpc) is 2.37. The first kappa shape index (κ1) is 15.2. The number of oxime groups is 1. The number of aryl methyl sites for hydroxylation is 1. The number of aromatic nitrogens is 1. The number of aliphatic hydroxyl groups is 1. The van der Waals surface area contributed by atoms with E-state index in [4.69, 9.17) is 16.0 Å². The molecule has 6 heteroatoms. The van der Waals surface area contributed by atoms with E-state index >= 15 is 0 Å². The molecule has 0 aromatic carbocycles. The molecule has 106 valence electrons. The SMILES string of the molecule is Cc1cc(/C(N)=N/O)cc(N(CCCO)C(C)C)n1. The Morgan fingerprint density at radius 1 is 1.47 bits per heavy atom. The minimum Gasteiger partial charge on any atom is -0.409 e. The van der Waals surface area contributed by atoms with E-state index < -0.39 is 0 Å². The highest BCUT2D eigenvalue weighted by molar-refractivity contribution is 5.97. The van der Waals surface area contributed by atoms with Gasteiger partial charge in [0, 0.05) is 30.5 Å². The molecule has 1 heterocycles. The average molecular weight is 266 g/mol. The summed E-state index contributed by atoms with van der Waals surface area (Å²) in [5.74, 6) is 0.836. The highest BCUT2D eigenvalue weighted by Crippen LogP contribution is 2.18. The van der Waals surface area contributed by atoms with Crippen LogP contribution in [0.1, 0.15) is 31.5 Å². The second-order valence-corrected chi connectivity index (χ2v) is 4.70. The molecule has 0 atom stereocenters. The normalized spacial score (nSPS) is 11.9. The molecule has 0 aliphatic carbocycles. The van der Waals surface area contributed by atoms with Crippen LogP contribution in [0, 0.1) is 6.92 Å². The topological polar surface area (TPSA) is 95.0 Å². The van der Waals surface area contributed by atoms with Crippen LogP contribution in [0.5, 0.6) is 0 Å². The highest BCUT2D eigenvalue weighted by Gasteiger charge is 2.14. The standard InChI is InChI=1S/C13H22N4O2/c1-9(2)17(5-4-6-18)12-8-11(13(14)16-19)7-10(3)15-12/h7-9,18-19H,4-6H2,1-3H3,(H2,14,16). The van der Waals surface area contributed by atoms with Crippen LogP contribution < -0.4 is 10.6 Å². The van der Waals surface area contributed by atoms with Gasteiger partial charge in [-0.25, -0.2) is 4.98 Å². The van der Waals surface area contributed by atoms with Crippen molar-refractivity contribution in [3.63, 3.8) is 0 Å².